The van der Waals surface area contributed by atoms with Crippen LogP contribution in [0.25, 0.3) is 0 Å². The number of hydrogen-bond acceptors (Lipinski definition) is 2. The second kappa shape index (κ2) is 7.38. The van der Waals surface area contributed by atoms with E-state index in [4.69, 9.17) is 9.47 Å². The van der Waals surface area contributed by atoms with Crippen LogP contribution in [-0.4, -0.2) is 22.7 Å². The van der Waals surface area contributed by atoms with E-state index in [9.17, 15) is 0 Å². The minimum absolute atomic E-state index is 0.152. The number of ether oxygens (including phenoxy) is 2. The molecule has 3 atom stereocenters. The standard InChI is InChI=1S/C15H20BrIO2/c1-10-7-12(8-11(2)18-10)19-15(9-17)13-5-3-4-6-14(13)16/h3-6,10-12,15H,7-9H2,1-2H3. The van der Waals surface area contributed by atoms with Crippen LogP contribution in [0.2, 0.25) is 0 Å². The molecule has 4 heteroatoms. The van der Waals surface area contributed by atoms with Crippen LogP contribution in [0.5, 0.6) is 0 Å². The first-order valence-corrected chi connectivity index (χ1v) is 9.03. The Morgan fingerprint density at radius 1 is 1.32 bits per heavy atom. The second-order valence-corrected chi connectivity index (χ2v) is 6.89. The van der Waals surface area contributed by atoms with Gasteiger partial charge in [0.2, 0.25) is 0 Å². The lowest BCUT2D eigenvalue weighted by atomic mass is 10.0. The minimum Gasteiger partial charge on any atom is -0.375 e. The van der Waals surface area contributed by atoms with Gasteiger partial charge in [-0.05, 0) is 38.3 Å². The predicted molar refractivity (Wildman–Crippen MR) is 89.9 cm³/mol. The van der Waals surface area contributed by atoms with Gasteiger partial charge >= 0.3 is 0 Å². The van der Waals surface area contributed by atoms with Gasteiger partial charge < -0.3 is 9.47 Å². The van der Waals surface area contributed by atoms with Crippen molar-refractivity contribution in [3.05, 3.63) is 34.3 Å². The Balaban J connectivity index is 2.05. The fourth-order valence-electron chi connectivity index (χ4n) is 2.62. The molecule has 0 aliphatic carbocycles. The zero-order valence-corrected chi connectivity index (χ0v) is 15.1. The Bertz CT molecular complexity index is 403. The van der Waals surface area contributed by atoms with Gasteiger partial charge in [-0.2, -0.15) is 0 Å². The summed E-state index contributed by atoms with van der Waals surface area (Å²) in [5.41, 5.74) is 1.24. The number of benzene rings is 1. The van der Waals surface area contributed by atoms with Gasteiger partial charge in [-0.15, -0.1) is 0 Å². The normalized spacial score (nSPS) is 29.2. The second-order valence-electron chi connectivity index (χ2n) is 5.15. The lowest BCUT2D eigenvalue weighted by Crippen LogP contribution is -2.35. The number of rotatable bonds is 4. The molecular formula is C15H20BrIO2. The monoisotopic (exact) mass is 438 g/mol. The zero-order chi connectivity index (χ0) is 13.8. The summed E-state index contributed by atoms with van der Waals surface area (Å²) >= 11 is 6.02. The van der Waals surface area contributed by atoms with E-state index in [2.05, 4.69) is 70.6 Å². The van der Waals surface area contributed by atoms with E-state index in [1.165, 1.54) is 5.56 Å². The van der Waals surface area contributed by atoms with Crippen molar-refractivity contribution < 1.29 is 9.47 Å². The Morgan fingerprint density at radius 2 is 1.95 bits per heavy atom. The molecule has 0 bridgehead atoms. The first-order valence-electron chi connectivity index (χ1n) is 6.71. The van der Waals surface area contributed by atoms with Crippen molar-refractivity contribution in [2.45, 2.75) is 51.1 Å². The highest BCUT2D eigenvalue weighted by molar-refractivity contribution is 14.1. The first kappa shape index (κ1) is 15.7. The third-order valence-electron chi connectivity index (χ3n) is 3.40. The summed E-state index contributed by atoms with van der Waals surface area (Å²) in [7, 11) is 0. The van der Waals surface area contributed by atoms with Gasteiger partial charge in [-0.25, -0.2) is 0 Å². The molecule has 106 valence electrons. The van der Waals surface area contributed by atoms with Crippen LogP contribution in [0.1, 0.15) is 38.4 Å². The molecule has 2 nitrogen and oxygen atoms in total. The molecule has 1 heterocycles. The summed E-state index contributed by atoms with van der Waals surface area (Å²) in [4.78, 5) is 0. The molecule has 2 rings (SSSR count). The lowest BCUT2D eigenvalue weighted by molar-refractivity contribution is -0.118. The summed E-state index contributed by atoms with van der Waals surface area (Å²) in [6.45, 7) is 4.26. The molecule has 0 radical (unpaired) electrons. The molecule has 1 aliphatic rings. The van der Waals surface area contributed by atoms with E-state index < -0.39 is 0 Å². The maximum atomic E-state index is 6.33. The van der Waals surface area contributed by atoms with E-state index in [1.54, 1.807) is 0 Å². The number of alkyl halides is 1. The minimum atomic E-state index is 0.152. The molecule has 1 aromatic rings. The third-order valence-corrected chi connectivity index (χ3v) is 4.93. The molecule has 0 amide bonds. The lowest BCUT2D eigenvalue weighted by Gasteiger charge is -2.34. The summed E-state index contributed by atoms with van der Waals surface area (Å²) in [6.07, 6.45) is 3.01. The van der Waals surface area contributed by atoms with Gasteiger partial charge in [0.05, 0.1) is 24.4 Å². The first-order chi connectivity index (χ1) is 9.10. The van der Waals surface area contributed by atoms with Crippen LogP contribution in [0.3, 0.4) is 0 Å². The average Bonchev–Trinajstić information content (AvgIpc) is 2.36. The average molecular weight is 439 g/mol. The number of hydrogen-bond donors (Lipinski definition) is 0. The predicted octanol–water partition coefficient (Wildman–Crippen LogP) is 4.90. The van der Waals surface area contributed by atoms with E-state index in [-0.39, 0.29) is 6.10 Å². The molecule has 1 saturated heterocycles. The zero-order valence-electron chi connectivity index (χ0n) is 11.3. The Labute approximate surface area is 137 Å². The van der Waals surface area contributed by atoms with Gasteiger partial charge in [0, 0.05) is 8.90 Å². The summed E-state index contributed by atoms with van der Waals surface area (Å²) in [6, 6.07) is 8.32. The molecule has 0 saturated carbocycles. The maximum Gasteiger partial charge on any atom is 0.0928 e. The molecule has 19 heavy (non-hydrogen) atoms. The molecule has 0 aromatic heterocycles. The van der Waals surface area contributed by atoms with Crippen LogP contribution in [0.4, 0.5) is 0 Å². The topological polar surface area (TPSA) is 18.5 Å². The van der Waals surface area contributed by atoms with Crippen LogP contribution in [-0.2, 0) is 9.47 Å². The Kier molecular flexibility index (Phi) is 6.11. The van der Waals surface area contributed by atoms with Crippen molar-refractivity contribution in [1.82, 2.24) is 0 Å². The van der Waals surface area contributed by atoms with E-state index in [1.807, 2.05) is 6.07 Å². The molecule has 0 spiro atoms. The van der Waals surface area contributed by atoms with Crippen molar-refractivity contribution in [2.75, 3.05) is 4.43 Å². The fraction of sp³-hybridized carbons (Fsp3) is 0.600. The van der Waals surface area contributed by atoms with Gasteiger partial charge in [-0.3, -0.25) is 0 Å². The highest BCUT2D eigenvalue weighted by atomic mass is 127. The van der Waals surface area contributed by atoms with Gasteiger partial charge in [0.25, 0.3) is 0 Å². The SMILES string of the molecule is CC1CC(OC(CI)c2ccccc2Br)CC(C)O1. The highest BCUT2D eigenvalue weighted by Crippen LogP contribution is 2.32. The quantitative estimate of drug-likeness (QED) is 0.491. The van der Waals surface area contributed by atoms with E-state index >= 15 is 0 Å². The Morgan fingerprint density at radius 3 is 2.53 bits per heavy atom. The van der Waals surface area contributed by atoms with Gasteiger partial charge in [0.1, 0.15) is 0 Å². The van der Waals surface area contributed by atoms with Crippen molar-refractivity contribution >= 4 is 38.5 Å². The fourth-order valence-corrected chi connectivity index (χ4v) is 3.84. The van der Waals surface area contributed by atoms with Crippen molar-refractivity contribution in [2.24, 2.45) is 0 Å². The van der Waals surface area contributed by atoms with Crippen LogP contribution in [0, 0.1) is 0 Å². The Hall–Kier alpha value is 0.350. The smallest absolute Gasteiger partial charge is 0.0928 e. The van der Waals surface area contributed by atoms with E-state index in [0.717, 1.165) is 21.7 Å². The van der Waals surface area contributed by atoms with Crippen LogP contribution < -0.4 is 0 Å². The molecule has 0 N–H and O–H groups in total. The van der Waals surface area contributed by atoms with Crippen molar-refractivity contribution in [1.29, 1.82) is 0 Å². The third kappa shape index (κ3) is 4.41. The molecule has 3 unspecified atom stereocenters. The van der Waals surface area contributed by atoms with Gasteiger partial charge in [-0.1, -0.05) is 56.7 Å². The number of halogens is 2. The molecule has 1 aromatic carbocycles. The van der Waals surface area contributed by atoms with Crippen LogP contribution in [0.15, 0.2) is 28.7 Å². The van der Waals surface area contributed by atoms with Crippen molar-refractivity contribution in [3.8, 4) is 0 Å². The summed E-state index contributed by atoms with van der Waals surface area (Å²) < 4.78 is 14.2. The summed E-state index contributed by atoms with van der Waals surface area (Å²) in [5.74, 6) is 0. The van der Waals surface area contributed by atoms with Crippen molar-refractivity contribution in [3.63, 3.8) is 0 Å². The van der Waals surface area contributed by atoms with Gasteiger partial charge in [0.15, 0.2) is 0 Å². The molecule has 1 fully saturated rings. The highest BCUT2D eigenvalue weighted by Gasteiger charge is 2.28. The largest absolute Gasteiger partial charge is 0.375 e. The van der Waals surface area contributed by atoms with Crippen LogP contribution >= 0.6 is 38.5 Å². The molecular weight excluding hydrogens is 419 g/mol. The maximum absolute atomic E-state index is 6.33. The summed E-state index contributed by atoms with van der Waals surface area (Å²) in [5, 5.41) is 0. The van der Waals surface area contributed by atoms with E-state index in [0.29, 0.717) is 18.3 Å². The molecule has 1 aliphatic heterocycles.